The Kier molecular flexibility index (Phi) is 7.53. The van der Waals surface area contributed by atoms with Crippen molar-refractivity contribution in [3.63, 3.8) is 0 Å². The van der Waals surface area contributed by atoms with E-state index >= 15 is 0 Å². The molecule has 0 amide bonds. The maximum atomic E-state index is 3.72. The Morgan fingerprint density at radius 2 is 1.76 bits per heavy atom. The van der Waals surface area contributed by atoms with Gasteiger partial charge in [0.2, 0.25) is 0 Å². The van der Waals surface area contributed by atoms with Crippen molar-refractivity contribution in [2.45, 2.75) is 90.6 Å². The largest absolute Gasteiger partial charge is 0.314 e. The van der Waals surface area contributed by atoms with E-state index in [-0.39, 0.29) is 0 Å². The van der Waals surface area contributed by atoms with E-state index in [4.69, 9.17) is 0 Å². The van der Waals surface area contributed by atoms with E-state index in [1.165, 1.54) is 70.9 Å². The predicted octanol–water partition coefficient (Wildman–Crippen LogP) is 4.45. The zero-order chi connectivity index (χ0) is 15.1. The molecule has 21 heavy (non-hydrogen) atoms. The minimum Gasteiger partial charge on any atom is -0.314 e. The van der Waals surface area contributed by atoms with Gasteiger partial charge in [-0.05, 0) is 70.0 Å². The van der Waals surface area contributed by atoms with Gasteiger partial charge in [-0.1, -0.05) is 40.0 Å². The van der Waals surface area contributed by atoms with E-state index in [1.807, 2.05) is 0 Å². The molecule has 0 aliphatic heterocycles. The molecule has 124 valence electrons. The second kappa shape index (κ2) is 9.15. The van der Waals surface area contributed by atoms with Crippen LogP contribution in [0.1, 0.15) is 78.6 Å². The first-order valence-corrected chi connectivity index (χ1v) is 9.68. The highest BCUT2D eigenvalue weighted by Gasteiger charge is 2.28. The number of hydrogen-bond acceptors (Lipinski definition) is 2. The Morgan fingerprint density at radius 1 is 1.00 bits per heavy atom. The molecule has 0 bridgehead atoms. The van der Waals surface area contributed by atoms with Gasteiger partial charge in [-0.3, -0.25) is 0 Å². The summed E-state index contributed by atoms with van der Waals surface area (Å²) >= 11 is 0. The summed E-state index contributed by atoms with van der Waals surface area (Å²) in [6.45, 7) is 10.8. The van der Waals surface area contributed by atoms with Crippen LogP contribution in [0, 0.1) is 11.8 Å². The fraction of sp³-hybridized carbons (Fsp3) is 1.00. The molecule has 2 heteroatoms. The Hall–Kier alpha value is -0.0800. The lowest BCUT2D eigenvalue weighted by molar-refractivity contribution is 0.171. The molecule has 2 nitrogen and oxygen atoms in total. The zero-order valence-corrected chi connectivity index (χ0v) is 14.7. The molecule has 0 aromatic heterocycles. The summed E-state index contributed by atoms with van der Waals surface area (Å²) in [5, 5.41) is 3.72. The van der Waals surface area contributed by atoms with E-state index in [2.05, 4.69) is 31.0 Å². The summed E-state index contributed by atoms with van der Waals surface area (Å²) in [5.41, 5.74) is 0. The van der Waals surface area contributed by atoms with E-state index in [1.54, 1.807) is 0 Å². The molecule has 2 fully saturated rings. The van der Waals surface area contributed by atoms with Gasteiger partial charge in [0.15, 0.2) is 0 Å². The van der Waals surface area contributed by atoms with Crippen molar-refractivity contribution in [2.24, 2.45) is 11.8 Å². The predicted molar refractivity (Wildman–Crippen MR) is 92.7 cm³/mol. The Labute approximate surface area is 133 Å². The molecule has 0 saturated heterocycles. The first-order chi connectivity index (χ1) is 10.2. The maximum Gasteiger partial charge on any atom is 0.00956 e. The van der Waals surface area contributed by atoms with Crippen LogP contribution in [0.25, 0.3) is 0 Å². The van der Waals surface area contributed by atoms with Crippen LogP contribution in [0.5, 0.6) is 0 Å². The summed E-state index contributed by atoms with van der Waals surface area (Å²) in [7, 11) is 0. The summed E-state index contributed by atoms with van der Waals surface area (Å²) in [4.78, 5) is 2.86. The Morgan fingerprint density at radius 3 is 2.43 bits per heavy atom. The molecule has 2 unspecified atom stereocenters. The van der Waals surface area contributed by atoms with Gasteiger partial charge in [0.05, 0.1) is 0 Å². The highest BCUT2D eigenvalue weighted by Crippen LogP contribution is 2.30. The van der Waals surface area contributed by atoms with Gasteiger partial charge in [0.1, 0.15) is 0 Å². The molecule has 0 aromatic rings. The van der Waals surface area contributed by atoms with Gasteiger partial charge in [0.25, 0.3) is 0 Å². The monoisotopic (exact) mass is 294 g/mol. The lowest BCUT2D eigenvalue weighted by Crippen LogP contribution is -2.38. The molecule has 1 N–H and O–H groups in total. The molecular formula is C19H38N2. The van der Waals surface area contributed by atoms with Crippen LogP contribution in [0.2, 0.25) is 0 Å². The van der Waals surface area contributed by atoms with E-state index in [0.717, 1.165) is 30.5 Å². The smallest absolute Gasteiger partial charge is 0.00956 e. The van der Waals surface area contributed by atoms with E-state index in [9.17, 15) is 0 Å². The normalized spacial score (nSPS) is 27.3. The third kappa shape index (κ3) is 5.56. The molecule has 2 aliphatic rings. The molecule has 2 saturated carbocycles. The SMILES string of the molecule is CCNC1CCCC1CCN(CCC(C)C)C1CCCC1. The fourth-order valence-corrected chi connectivity index (χ4v) is 4.42. The summed E-state index contributed by atoms with van der Waals surface area (Å²) in [6, 6.07) is 1.72. The van der Waals surface area contributed by atoms with Crippen molar-refractivity contribution >= 4 is 0 Å². The van der Waals surface area contributed by atoms with Crippen LogP contribution in [-0.2, 0) is 0 Å². The topological polar surface area (TPSA) is 15.3 Å². The summed E-state index contributed by atoms with van der Waals surface area (Å²) in [6.07, 6.45) is 13.0. The van der Waals surface area contributed by atoms with Crippen LogP contribution in [0.15, 0.2) is 0 Å². The number of rotatable bonds is 9. The summed E-state index contributed by atoms with van der Waals surface area (Å²) < 4.78 is 0. The minimum atomic E-state index is 0.811. The van der Waals surface area contributed by atoms with Gasteiger partial charge in [-0.2, -0.15) is 0 Å². The molecule has 2 rings (SSSR count). The van der Waals surface area contributed by atoms with Gasteiger partial charge in [0, 0.05) is 12.1 Å². The molecule has 2 atom stereocenters. The van der Waals surface area contributed by atoms with E-state index < -0.39 is 0 Å². The lowest BCUT2D eigenvalue weighted by atomic mass is 9.98. The molecule has 0 radical (unpaired) electrons. The highest BCUT2D eigenvalue weighted by molar-refractivity contribution is 4.85. The van der Waals surface area contributed by atoms with Gasteiger partial charge in [-0.25, -0.2) is 0 Å². The highest BCUT2D eigenvalue weighted by atomic mass is 15.2. The third-order valence-electron chi connectivity index (χ3n) is 5.75. The van der Waals surface area contributed by atoms with Crippen LogP contribution >= 0.6 is 0 Å². The maximum absolute atomic E-state index is 3.72. The van der Waals surface area contributed by atoms with Gasteiger partial charge < -0.3 is 10.2 Å². The Balaban J connectivity index is 1.79. The summed E-state index contributed by atoms with van der Waals surface area (Å²) in [5.74, 6) is 1.78. The number of nitrogens with one attached hydrogen (secondary N) is 1. The molecule has 2 aliphatic carbocycles. The van der Waals surface area contributed by atoms with Crippen LogP contribution in [0.4, 0.5) is 0 Å². The molecule has 0 spiro atoms. The lowest BCUT2D eigenvalue weighted by Gasteiger charge is -2.31. The van der Waals surface area contributed by atoms with E-state index in [0.29, 0.717) is 0 Å². The number of nitrogens with zero attached hydrogens (tertiary/aromatic N) is 1. The molecule has 0 heterocycles. The average Bonchev–Trinajstić information content (AvgIpc) is 3.11. The standard InChI is InChI=1S/C19H38N2/c1-4-20-19-11-7-8-17(19)13-15-21(14-12-16(2)3)18-9-5-6-10-18/h16-20H,4-15H2,1-3H3. The number of hydrogen-bond donors (Lipinski definition) is 1. The van der Waals surface area contributed by atoms with Crippen LogP contribution < -0.4 is 5.32 Å². The van der Waals surface area contributed by atoms with Gasteiger partial charge in [-0.15, -0.1) is 0 Å². The second-order valence-corrected chi connectivity index (χ2v) is 7.80. The quantitative estimate of drug-likeness (QED) is 0.676. The van der Waals surface area contributed by atoms with Crippen molar-refractivity contribution in [3.8, 4) is 0 Å². The molecule has 0 aromatic carbocycles. The Bertz CT molecular complexity index is 271. The minimum absolute atomic E-state index is 0.811. The first kappa shape index (κ1) is 17.3. The molecular weight excluding hydrogens is 256 g/mol. The third-order valence-corrected chi connectivity index (χ3v) is 5.75. The van der Waals surface area contributed by atoms with Crippen molar-refractivity contribution in [3.05, 3.63) is 0 Å². The first-order valence-electron chi connectivity index (χ1n) is 9.68. The van der Waals surface area contributed by atoms with Crippen LogP contribution in [0.3, 0.4) is 0 Å². The van der Waals surface area contributed by atoms with Gasteiger partial charge >= 0.3 is 0 Å². The van der Waals surface area contributed by atoms with Crippen molar-refractivity contribution in [1.82, 2.24) is 10.2 Å². The van der Waals surface area contributed by atoms with Crippen LogP contribution in [-0.4, -0.2) is 36.6 Å². The van der Waals surface area contributed by atoms with Crippen molar-refractivity contribution < 1.29 is 0 Å². The second-order valence-electron chi connectivity index (χ2n) is 7.80. The van der Waals surface area contributed by atoms with Crippen molar-refractivity contribution in [2.75, 3.05) is 19.6 Å². The zero-order valence-electron chi connectivity index (χ0n) is 14.7. The average molecular weight is 295 g/mol. The van der Waals surface area contributed by atoms with Crippen molar-refractivity contribution in [1.29, 1.82) is 0 Å². The fourth-order valence-electron chi connectivity index (χ4n) is 4.42.